The minimum Gasteiger partial charge on any atom is -0.480 e. The van der Waals surface area contributed by atoms with E-state index >= 15 is 0 Å². The summed E-state index contributed by atoms with van der Waals surface area (Å²) in [4.78, 5) is 23.7. The molecule has 0 bridgehead atoms. The van der Waals surface area contributed by atoms with Crippen LogP contribution in [0.2, 0.25) is 0 Å². The predicted molar refractivity (Wildman–Crippen MR) is 95.8 cm³/mol. The Labute approximate surface area is 147 Å². The van der Waals surface area contributed by atoms with Crippen molar-refractivity contribution in [3.8, 4) is 5.69 Å². The lowest BCUT2D eigenvalue weighted by molar-refractivity contribution is -0.142. The van der Waals surface area contributed by atoms with Crippen molar-refractivity contribution in [1.82, 2.24) is 15.1 Å². The number of aryl methyl sites for hydroxylation is 1. The number of para-hydroxylation sites is 1. The molecular weight excluding hydrogens is 318 g/mol. The van der Waals surface area contributed by atoms with E-state index < -0.39 is 12.0 Å². The van der Waals surface area contributed by atoms with Gasteiger partial charge in [0.2, 0.25) is 5.91 Å². The van der Waals surface area contributed by atoms with Gasteiger partial charge in [-0.15, -0.1) is 0 Å². The zero-order valence-electron chi connectivity index (χ0n) is 15.1. The van der Waals surface area contributed by atoms with Crippen LogP contribution in [0.5, 0.6) is 0 Å². The number of nitrogens with one attached hydrogen (secondary N) is 1. The van der Waals surface area contributed by atoms with Gasteiger partial charge >= 0.3 is 5.97 Å². The molecule has 1 heterocycles. The highest BCUT2D eigenvalue weighted by atomic mass is 16.4. The topological polar surface area (TPSA) is 84.2 Å². The van der Waals surface area contributed by atoms with Crippen molar-refractivity contribution < 1.29 is 14.7 Å². The van der Waals surface area contributed by atoms with Crippen molar-refractivity contribution in [3.05, 3.63) is 47.3 Å². The fraction of sp³-hybridized carbons (Fsp3) is 0.421. The van der Waals surface area contributed by atoms with Gasteiger partial charge in [0.25, 0.3) is 0 Å². The van der Waals surface area contributed by atoms with Gasteiger partial charge in [0.1, 0.15) is 6.04 Å². The van der Waals surface area contributed by atoms with Crippen LogP contribution < -0.4 is 5.32 Å². The lowest BCUT2D eigenvalue weighted by Gasteiger charge is -2.16. The maximum Gasteiger partial charge on any atom is 0.326 e. The summed E-state index contributed by atoms with van der Waals surface area (Å²) in [7, 11) is 0. The Morgan fingerprint density at radius 2 is 1.84 bits per heavy atom. The second-order valence-electron chi connectivity index (χ2n) is 6.66. The summed E-state index contributed by atoms with van der Waals surface area (Å²) in [6.07, 6.45) is 0.523. The van der Waals surface area contributed by atoms with E-state index in [0.717, 1.165) is 22.6 Å². The summed E-state index contributed by atoms with van der Waals surface area (Å²) >= 11 is 0. The number of carbonyl (C=O) groups is 2. The van der Waals surface area contributed by atoms with Gasteiger partial charge in [-0.1, -0.05) is 32.0 Å². The molecule has 0 radical (unpaired) electrons. The summed E-state index contributed by atoms with van der Waals surface area (Å²) in [5.41, 5.74) is 3.41. The van der Waals surface area contributed by atoms with Crippen molar-refractivity contribution in [2.24, 2.45) is 5.92 Å². The number of rotatable bonds is 7. The summed E-state index contributed by atoms with van der Waals surface area (Å²) in [6, 6.07) is 8.84. The lowest BCUT2D eigenvalue weighted by Crippen LogP contribution is -2.42. The Bertz CT molecular complexity index is 751. The Morgan fingerprint density at radius 1 is 1.20 bits per heavy atom. The molecule has 1 amide bonds. The summed E-state index contributed by atoms with van der Waals surface area (Å²) in [5, 5.41) is 16.4. The van der Waals surface area contributed by atoms with E-state index in [9.17, 15) is 14.7 Å². The second-order valence-corrected chi connectivity index (χ2v) is 6.66. The minimum absolute atomic E-state index is 0.117. The quantitative estimate of drug-likeness (QED) is 0.809. The number of carboxylic acid groups (broad SMARTS) is 1. The van der Waals surface area contributed by atoms with E-state index in [1.807, 2.05) is 58.0 Å². The molecule has 2 N–H and O–H groups in total. The van der Waals surface area contributed by atoms with Gasteiger partial charge in [-0.2, -0.15) is 5.10 Å². The van der Waals surface area contributed by atoms with Crippen LogP contribution in [0.15, 0.2) is 30.3 Å². The predicted octanol–water partition coefficient (Wildman–Crippen LogP) is 2.65. The zero-order chi connectivity index (χ0) is 18.6. The molecule has 0 fully saturated rings. The molecule has 1 unspecified atom stereocenters. The van der Waals surface area contributed by atoms with Crippen molar-refractivity contribution in [3.63, 3.8) is 0 Å². The average molecular weight is 343 g/mol. The summed E-state index contributed by atoms with van der Waals surface area (Å²) in [6.45, 7) is 7.64. The largest absolute Gasteiger partial charge is 0.480 e. The van der Waals surface area contributed by atoms with E-state index in [0.29, 0.717) is 6.42 Å². The molecule has 1 atom stereocenters. The molecular formula is C19H25N3O3. The third-order valence-corrected chi connectivity index (χ3v) is 4.12. The van der Waals surface area contributed by atoms with Crippen LogP contribution in [0.3, 0.4) is 0 Å². The van der Waals surface area contributed by atoms with Gasteiger partial charge in [0, 0.05) is 11.3 Å². The number of hydrogen-bond donors (Lipinski definition) is 2. The number of aliphatic carboxylic acids is 1. The van der Waals surface area contributed by atoms with Crippen molar-refractivity contribution in [1.29, 1.82) is 0 Å². The van der Waals surface area contributed by atoms with Crippen molar-refractivity contribution >= 4 is 11.9 Å². The van der Waals surface area contributed by atoms with Crippen LogP contribution in [-0.4, -0.2) is 32.8 Å². The highest BCUT2D eigenvalue weighted by Crippen LogP contribution is 2.18. The van der Waals surface area contributed by atoms with Crippen LogP contribution in [0.25, 0.3) is 5.69 Å². The first-order valence-electron chi connectivity index (χ1n) is 8.42. The standard InChI is InChI=1S/C19H25N3O3/c1-12(2)10-17(19(24)25)20-18(23)11-16-13(3)21-22(14(16)4)15-8-6-5-7-9-15/h5-9,12,17H,10-11H2,1-4H3,(H,20,23)(H,24,25). The maximum absolute atomic E-state index is 12.3. The normalized spacial score (nSPS) is 12.2. The van der Waals surface area contributed by atoms with Crippen LogP contribution in [0, 0.1) is 19.8 Å². The van der Waals surface area contributed by atoms with E-state index in [2.05, 4.69) is 10.4 Å². The fourth-order valence-corrected chi connectivity index (χ4v) is 2.85. The maximum atomic E-state index is 12.3. The van der Waals surface area contributed by atoms with Crippen LogP contribution in [-0.2, 0) is 16.0 Å². The zero-order valence-corrected chi connectivity index (χ0v) is 15.1. The third kappa shape index (κ3) is 4.68. The highest BCUT2D eigenvalue weighted by molar-refractivity contribution is 5.85. The lowest BCUT2D eigenvalue weighted by atomic mass is 10.0. The first kappa shape index (κ1) is 18.7. The smallest absolute Gasteiger partial charge is 0.326 e. The third-order valence-electron chi connectivity index (χ3n) is 4.12. The van der Waals surface area contributed by atoms with Gasteiger partial charge in [0.05, 0.1) is 17.8 Å². The van der Waals surface area contributed by atoms with Gasteiger partial charge in [-0.05, 0) is 38.3 Å². The molecule has 0 spiro atoms. The highest BCUT2D eigenvalue weighted by Gasteiger charge is 2.23. The van der Waals surface area contributed by atoms with Crippen LogP contribution >= 0.6 is 0 Å². The number of aromatic nitrogens is 2. The number of nitrogens with zero attached hydrogens (tertiary/aromatic N) is 2. The molecule has 134 valence electrons. The molecule has 2 rings (SSSR count). The van der Waals surface area contributed by atoms with Crippen LogP contribution in [0.1, 0.15) is 37.2 Å². The van der Waals surface area contributed by atoms with Gasteiger partial charge in [0.15, 0.2) is 0 Å². The Balaban J connectivity index is 2.16. The van der Waals surface area contributed by atoms with Gasteiger partial charge < -0.3 is 10.4 Å². The number of amides is 1. The van der Waals surface area contributed by atoms with Gasteiger partial charge in [-0.3, -0.25) is 4.79 Å². The molecule has 6 nitrogen and oxygen atoms in total. The SMILES string of the molecule is Cc1nn(-c2ccccc2)c(C)c1CC(=O)NC(CC(C)C)C(=O)O. The number of carboxylic acids is 1. The van der Waals surface area contributed by atoms with Crippen LogP contribution in [0.4, 0.5) is 0 Å². The van der Waals surface area contributed by atoms with Crippen molar-refractivity contribution in [2.45, 2.75) is 46.6 Å². The molecule has 25 heavy (non-hydrogen) atoms. The number of benzene rings is 1. The van der Waals surface area contributed by atoms with E-state index in [1.54, 1.807) is 4.68 Å². The Kier molecular flexibility index (Phi) is 5.96. The molecule has 0 aliphatic rings. The van der Waals surface area contributed by atoms with E-state index in [1.165, 1.54) is 0 Å². The van der Waals surface area contributed by atoms with E-state index in [-0.39, 0.29) is 18.2 Å². The molecule has 1 aromatic carbocycles. The molecule has 2 aromatic rings. The number of carbonyl (C=O) groups excluding carboxylic acids is 1. The summed E-state index contributed by atoms with van der Waals surface area (Å²) < 4.78 is 1.81. The molecule has 0 aliphatic heterocycles. The summed E-state index contributed by atoms with van der Waals surface area (Å²) in [5.74, 6) is -1.12. The second kappa shape index (κ2) is 7.96. The monoisotopic (exact) mass is 343 g/mol. The minimum atomic E-state index is -1.00. The Morgan fingerprint density at radius 3 is 2.40 bits per heavy atom. The van der Waals surface area contributed by atoms with Gasteiger partial charge in [-0.25, -0.2) is 9.48 Å². The number of hydrogen-bond acceptors (Lipinski definition) is 3. The van der Waals surface area contributed by atoms with E-state index in [4.69, 9.17) is 0 Å². The molecule has 1 aromatic heterocycles. The molecule has 0 aliphatic carbocycles. The molecule has 6 heteroatoms. The molecule has 0 saturated heterocycles. The van der Waals surface area contributed by atoms with Crippen molar-refractivity contribution in [2.75, 3.05) is 0 Å². The first-order valence-corrected chi connectivity index (χ1v) is 8.42. The fourth-order valence-electron chi connectivity index (χ4n) is 2.85. The first-order chi connectivity index (χ1) is 11.8. The Hall–Kier alpha value is -2.63. The average Bonchev–Trinajstić information content (AvgIpc) is 2.82. The molecule has 0 saturated carbocycles.